The van der Waals surface area contributed by atoms with Gasteiger partial charge in [0, 0.05) is 12.7 Å². The first-order chi connectivity index (χ1) is 9.56. The van der Waals surface area contributed by atoms with Gasteiger partial charge in [0.15, 0.2) is 10.2 Å². The summed E-state index contributed by atoms with van der Waals surface area (Å²) in [5.41, 5.74) is 0.517. The highest BCUT2D eigenvalue weighted by Gasteiger charge is 2.23. The molecule has 0 spiro atoms. The van der Waals surface area contributed by atoms with Gasteiger partial charge < -0.3 is 0 Å². The second kappa shape index (κ2) is 6.56. The van der Waals surface area contributed by atoms with E-state index in [0.29, 0.717) is 12.2 Å². The molecule has 0 saturated carbocycles. The minimum atomic E-state index is -3.64. The zero-order chi connectivity index (χ0) is 14.6. The molecule has 0 atom stereocenters. The van der Waals surface area contributed by atoms with Crippen LogP contribution in [0.4, 0.5) is 0 Å². The summed E-state index contributed by atoms with van der Waals surface area (Å²) < 4.78 is 28.7. The molecular formula is C13H18ClN3O2S. The van der Waals surface area contributed by atoms with E-state index in [-0.39, 0.29) is 10.2 Å². The third kappa shape index (κ3) is 3.31. The molecule has 0 fully saturated rings. The predicted octanol–water partition coefficient (Wildman–Crippen LogP) is 2.85. The summed E-state index contributed by atoms with van der Waals surface area (Å²) in [7, 11) is -3.64. The van der Waals surface area contributed by atoms with Crippen LogP contribution in [0.25, 0.3) is 5.65 Å². The summed E-state index contributed by atoms with van der Waals surface area (Å²) in [6.07, 6.45) is 5.70. The molecule has 0 aliphatic rings. The van der Waals surface area contributed by atoms with Crippen molar-refractivity contribution >= 4 is 27.3 Å². The second-order valence-electron chi connectivity index (χ2n) is 4.60. The molecule has 2 aromatic rings. The number of unbranched alkanes of at least 4 members (excludes halogenated alkanes) is 3. The molecule has 0 unspecified atom stereocenters. The van der Waals surface area contributed by atoms with Crippen molar-refractivity contribution in [1.82, 2.24) is 14.1 Å². The van der Waals surface area contributed by atoms with Crippen molar-refractivity contribution in [3.63, 3.8) is 0 Å². The molecule has 7 heteroatoms. The van der Waals surface area contributed by atoms with E-state index in [9.17, 15) is 8.42 Å². The Kier molecular flexibility index (Phi) is 5.01. The maximum Gasteiger partial charge on any atom is 0.259 e. The van der Waals surface area contributed by atoms with Crippen LogP contribution in [0.3, 0.4) is 0 Å². The summed E-state index contributed by atoms with van der Waals surface area (Å²) in [4.78, 5) is 4.05. The number of rotatable bonds is 7. The lowest BCUT2D eigenvalue weighted by atomic mass is 10.2. The third-order valence-electron chi connectivity index (χ3n) is 3.02. The molecule has 0 saturated heterocycles. The van der Waals surface area contributed by atoms with Gasteiger partial charge in [-0.2, -0.15) is 0 Å². The summed E-state index contributed by atoms with van der Waals surface area (Å²) in [6.45, 7) is 2.53. The summed E-state index contributed by atoms with van der Waals surface area (Å²) in [6, 6.07) is 5.24. The van der Waals surface area contributed by atoms with Gasteiger partial charge in [-0.15, -0.1) is 0 Å². The SMILES string of the molecule is CCCCCCNS(=O)(=O)c1c(Cl)nc2ccccn12. The van der Waals surface area contributed by atoms with Gasteiger partial charge in [-0.05, 0) is 18.6 Å². The van der Waals surface area contributed by atoms with Crippen molar-refractivity contribution in [2.75, 3.05) is 6.54 Å². The lowest BCUT2D eigenvalue weighted by molar-refractivity contribution is 0.569. The fourth-order valence-electron chi connectivity index (χ4n) is 2.01. The Morgan fingerprint density at radius 1 is 1.30 bits per heavy atom. The number of nitrogens with one attached hydrogen (secondary N) is 1. The van der Waals surface area contributed by atoms with Crippen molar-refractivity contribution in [2.24, 2.45) is 0 Å². The molecule has 2 rings (SSSR count). The molecule has 0 aliphatic carbocycles. The van der Waals surface area contributed by atoms with Gasteiger partial charge >= 0.3 is 0 Å². The van der Waals surface area contributed by atoms with Gasteiger partial charge in [-0.25, -0.2) is 18.1 Å². The van der Waals surface area contributed by atoms with Crippen molar-refractivity contribution in [2.45, 2.75) is 37.6 Å². The van der Waals surface area contributed by atoms with Gasteiger partial charge in [0.05, 0.1) is 0 Å². The number of imidazole rings is 1. The van der Waals surface area contributed by atoms with Crippen LogP contribution in [0.2, 0.25) is 5.15 Å². The number of nitrogens with zero attached hydrogens (tertiary/aromatic N) is 2. The monoisotopic (exact) mass is 315 g/mol. The van der Waals surface area contributed by atoms with E-state index in [4.69, 9.17) is 11.6 Å². The maximum atomic E-state index is 12.3. The molecule has 0 amide bonds. The normalized spacial score (nSPS) is 12.1. The van der Waals surface area contributed by atoms with Crippen LogP contribution in [0.15, 0.2) is 29.4 Å². The zero-order valence-electron chi connectivity index (χ0n) is 11.3. The molecule has 2 aromatic heterocycles. The Labute approximate surface area is 124 Å². The Hall–Kier alpha value is -1.11. The third-order valence-corrected chi connectivity index (χ3v) is 4.88. The Morgan fingerprint density at radius 2 is 2.10 bits per heavy atom. The van der Waals surface area contributed by atoms with Crippen LogP contribution in [0.5, 0.6) is 0 Å². The van der Waals surface area contributed by atoms with E-state index in [1.54, 1.807) is 24.4 Å². The quantitative estimate of drug-likeness (QED) is 0.799. The number of halogens is 1. The topological polar surface area (TPSA) is 63.5 Å². The predicted molar refractivity (Wildman–Crippen MR) is 79.5 cm³/mol. The lowest BCUT2D eigenvalue weighted by Crippen LogP contribution is -2.26. The van der Waals surface area contributed by atoms with Crippen LogP contribution in [-0.4, -0.2) is 24.3 Å². The van der Waals surface area contributed by atoms with Crippen LogP contribution in [0, 0.1) is 0 Å². The van der Waals surface area contributed by atoms with E-state index < -0.39 is 10.0 Å². The minimum absolute atomic E-state index is 0.00254. The standard InChI is InChI=1S/C13H18ClN3O2S/c1-2-3-4-6-9-15-20(18,19)13-12(14)16-11-8-5-7-10-17(11)13/h5,7-8,10,15H,2-4,6,9H2,1H3. The highest BCUT2D eigenvalue weighted by Crippen LogP contribution is 2.22. The smallest absolute Gasteiger partial charge is 0.259 e. The number of fused-ring (bicyclic) bond motifs is 1. The molecule has 1 N–H and O–H groups in total. The average Bonchev–Trinajstić information content (AvgIpc) is 2.75. The lowest BCUT2D eigenvalue weighted by Gasteiger charge is -2.06. The molecule has 2 heterocycles. The molecule has 110 valence electrons. The number of hydrogen-bond donors (Lipinski definition) is 1. The molecular weight excluding hydrogens is 298 g/mol. The summed E-state index contributed by atoms with van der Waals surface area (Å²) in [5.74, 6) is 0. The molecule has 5 nitrogen and oxygen atoms in total. The summed E-state index contributed by atoms with van der Waals surface area (Å²) >= 11 is 5.96. The molecule has 0 aromatic carbocycles. The zero-order valence-corrected chi connectivity index (χ0v) is 12.9. The fraction of sp³-hybridized carbons (Fsp3) is 0.462. The average molecular weight is 316 g/mol. The number of hydrogen-bond acceptors (Lipinski definition) is 3. The molecule has 0 radical (unpaired) electrons. The number of sulfonamides is 1. The van der Waals surface area contributed by atoms with Crippen molar-refractivity contribution < 1.29 is 8.42 Å². The molecule has 20 heavy (non-hydrogen) atoms. The maximum absolute atomic E-state index is 12.3. The van der Waals surface area contributed by atoms with Crippen LogP contribution in [0.1, 0.15) is 32.6 Å². The first-order valence-corrected chi connectivity index (χ1v) is 8.54. The summed E-state index contributed by atoms with van der Waals surface area (Å²) in [5, 5.41) is 0.00233. The molecule has 0 aliphatic heterocycles. The van der Waals surface area contributed by atoms with E-state index in [0.717, 1.165) is 25.7 Å². The highest BCUT2D eigenvalue weighted by atomic mass is 35.5. The Bertz CT molecular complexity index is 682. The van der Waals surface area contributed by atoms with Crippen molar-refractivity contribution in [3.05, 3.63) is 29.5 Å². The van der Waals surface area contributed by atoms with Crippen LogP contribution >= 0.6 is 11.6 Å². The Morgan fingerprint density at radius 3 is 2.85 bits per heavy atom. The number of pyridine rings is 1. The number of aromatic nitrogens is 2. The molecule has 0 bridgehead atoms. The minimum Gasteiger partial charge on any atom is -0.288 e. The van der Waals surface area contributed by atoms with E-state index in [1.807, 2.05) is 0 Å². The van der Waals surface area contributed by atoms with E-state index in [2.05, 4.69) is 16.6 Å². The van der Waals surface area contributed by atoms with Gasteiger partial charge in [0.25, 0.3) is 10.0 Å². The first kappa shape index (κ1) is 15.3. The van der Waals surface area contributed by atoms with Gasteiger partial charge in [0.1, 0.15) is 5.65 Å². The largest absolute Gasteiger partial charge is 0.288 e. The van der Waals surface area contributed by atoms with Gasteiger partial charge in [-0.1, -0.05) is 43.9 Å². The van der Waals surface area contributed by atoms with Gasteiger partial charge in [-0.3, -0.25) is 4.40 Å². The van der Waals surface area contributed by atoms with Gasteiger partial charge in [0.2, 0.25) is 0 Å². The van der Waals surface area contributed by atoms with Crippen molar-refractivity contribution in [1.29, 1.82) is 0 Å². The highest BCUT2D eigenvalue weighted by molar-refractivity contribution is 7.89. The first-order valence-electron chi connectivity index (χ1n) is 6.68. The van der Waals surface area contributed by atoms with Crippen LogP contribution < -0.4 is 4.72 Å². The second-order valence-corrected chi connectivity index (χ2v) is 6.64. The fourth-order valence-corrected chi connectivity index (χ4v) is 3.72. The van der Waals surface area contributed by atoms with E-state index in [1.165, 1.54) is 4.40 Å². The van der Waals surface area contributed by atoms with E-state index >= 15 is 0 Å². The Balaban J connectivity index is 2.17. The van der Waals surface area contributed by atoms with Crippen molar-refractivity contribution in [3.8, 4) is 0 Å². The van der Waals surface area contributed by atoms with Crippen LogP contribution in [-0.2, 0) is 10.0 Å².